The molecule has 0 heterocycles. The number of carbonyl (C=O) groups excluding carboxylic acids is 1. The van der Waals surface area contributed by atoms with Crippen molar-refractivity contribution < 1.29 is 27.4 Å². The molecule has 0 aliphatic rings. The second-order valence-corrected chi connectivity index (χ2v) is 6.41. The zero-order valence-electron chi connectivity index (χ0n) is 15.3. The lowest BCUT2D eigenvalue weighted by atomic mass is 10.0. The maximum atomic E-state index is 13.4. The number of carbonyl (C=O) groups is 1. The van der Waals surface area contributed by atoms with Crippen molar-refractivity contribution in [1.82, 2.24) is 0 Å². The highest BCUT2D eigenvalue weighted by molar-refractivity contribution is 7.79. The molecule has 0 saturated heterocycles. The fourth-order valence-electron chi connectivity index (χ4n) is 2.49. The number of hydrogen-bond acceptors (Lipinski definition) is 4. The minimum atomic E-state index is -4.53. The molecule has 3 nitrogen and oxygen atoms in total. The van der Waals surface area contributed by atoms with Gasteiger partial charge < -0.3 is 9.47 Å². The number of benzene rings is 2. The predicted molar refractivity (Wildman–Crippen MR) is 100 cm³/mol. The molecule has 0 bridgehead atoms. The normalized spacial score (nSPS) is 11.4. The Kier molecular flexibility index (Phi) is 6.81. The average Bonchev–Trinajstić information content (AvgIpc) is 2.61. The Balaban J connectivity index is 2.39. The maximum absolute atomic E-state index is 13.4. The molecule has 0 unspecified atom stereocenters. The number of esters is 1. The topological polar surface area (TPSA) is 35.5 Å². The second kappa shape index (κ2) is 8.69. The lowest BCUT2D eigenvalue weighted by Crippen LogP contribution is -2.12. The van der Waals surface area contributed by atoms with Crippen LogP contribution < -0.4 is 9.47 Å². The number of halogens is 3. The van der Waals surface area contributed by atoms with Crippen LogP contribution in [0, 0.1) is 13.8 Å². The van der Waals surface area contributed by atoms with Gasteiger partial charge in [-0.3, -0.25) is 4.79 Å². The van der Waals surface area contributed by atoms with Gasteiger partial charge in [-0.2, -0.15) is 25.8 Å². The summed E-state index contributed by atoms with van der Waals surface area (Å²) in [5.74, 6) is -0.0947. The van der Waals surface area contributed by atoms with E-state index in [1.54, 1.807) is 39.0 Å². The van der Waals surface area contributed by atoms with Gasteiger partial charge in [-0.05, 0) is 48.7 Å². The van der Waals surface area contributed by atoms with Crippen LogP contribution in [0.5, 0.6) is 11.5 Å². The quantitative estimate of drug-likeness (QED) is 0.388. The summed E-state index contributed by atoms with van der Waals surface area (Å²) in [6.45, 7) is 4.83. The van der Waals surface area contributed by atoms with Crippen LogP contribution in [-0.4, -0.2) is 5.97 Å². The van der Waals surface area contributed by atoms with Crippen molar-refractivity contribution in [3.63, 3.8) is 0 Å². The molecule has 2 aromatic rings. The fourth-order valence-corrected chi connectivity index (χ4v) is 2.79. The van der Waals surface area contributed by atoms with E-state index in [0.717, 1.165) is 11.6 Å². The van der Waals surface area contributed by atoms with E-state index in [4.69, 9.17) is 9.47 Å². The standard InChI is InChI=1S/C20H21F3O3S/c1-4-19(24)26-17-7-5-6-14(11-27)15(17)10-25-18-9-13(3)12(2)8-16(18)20(21,22)23/h5-9,27H,4,10-11H2,1-3H3. The Hall–Kier alpha value is -2.15. The van der Waals surface area contributed by atoms with E-state index in [-0.39, 0.29) is 24.5 Å². The first kappa shape index (κ1) is 21.2. The van der Waals surface area contributed by atoms with E-state index in [2.05, 4.69) is 12.6 Å². The molecule has 0 saturated carbocycles. The summed E-state index contributed by atoms with van der Waals surface area (Å²) in [6, 6.07) is 7.50. The van der Waals surface area contributed by atoms with Crippen LogP contribution in [0.15, 0.2) is 30.3 Å². The van der Waals surface area contributed by atoms with E-state index in [1.807, 2.05) is 0 Å². The Morgan fingerprint density at radius 2 is 1.78 bits per heavy atom. The lowest BCUT2D eigenvalue weighted by molar-refractivity contribution is -0.139. The molecule has 7 heteroatoms. The number of hydrogen-bond donors (Lipinski definition) is 1. The molecule has 2 aromatic carbocycles. The van der Waals surface area contributed by atoms with E-state index in [0.29, 0.717) is 22.4 Å². The average molecular weight is 398 g/mol. The molecular weight excluding hydrogens is 377 g/mol. The molecule has 2 rings (SSSR count). The molecule has 0 aromatic heterocycles. The fraction of sp³-hybridized carbons (Fsp3) is 0.350. The molecule has 146 valence electrons. The first-order valence-corrected chi connectivity index (χ1v) is 9.04. The van der Waals surface area contributed by atoms with Gasteiger partial charge in [-0.15, -0.1) is 0 Å². The van der Waals surface area contributed by atoms with Crippen molar-refractivity contribution in [1.29, 1.82) is 0 Å². The van der Waals surface area contributed by atoms with E-state index < -0.39 is 17.7 Å². The molecule has 0 aliphatic carbocycles. The lowest BCUT2D eigenvalue weighted by Gasteiger charge is -2.18. The Morgan fingerprint density at radius 1 is 1.11 bits per heavy atom. The Morgan fingerprint density at radius 3 is 2.37 bits per heavy atom. The summed E-state index contributed by atoms with van der Waals surface area (Å²) in [5, 5.41) is 0. The number of alkyl halides is 3. The summed E-state index contributed by atoms with van der Waals surface area (Å²) in [7, 11) is 0. The van der Waals surface area contributed by atoms with Gasteiger partial charge >= 0.3 is 12.1 Å². The van der Waals surface area contributed by atoms with Crippen molar-refractivity contribution in [2.45, 2.75) is 45.7 Å². The van der Waals surface area contributed by atoms with Crippen LogP contribution >= 0.6 is 12.6 Å². The highest BCUT2D eigenvalue weighted by Gasteiger charge is 2.35. The summed E-state index contributed by atoms with van der Waals surface area (Å²) in [6.07, 6.45) is -4.35. The first-order valence-electron chi connectivity index (χ1n) is 8.40. The van der Waals surface area contributed by atoms with Gasteiger partial charge in [0.1, 0.15) is 18.1 Å². The van der Waals surface area contributed by atoms with Gasteiger partial charge in [-0.25, -0.2) is 0 Å². The number of aryl methyl sites for hydroxylation is 2. The van der Waals surface area contributed by atoms with Gasteiger partial charge in [0.25, 0.3) is 0 Å². The molecule has 0 fully saturated rings. The van der Waals surface area contributed by atoms with Crippen molar-refractivity contribution in [2.75, 3.05) is 0 Å². The monoisotopic (exact) mass is 398 g/mol. The molecule has 0 spiro atoms. The third-order valence-corrected chi connectivity index (χ3v) is 4.53. The van der Waals surface area contributed by atoms with Gasteiger partial charge in [-0.1, -0.05) is 19.1 Å². The molecule has 0 N–H and O–H groups in total. The molecule has 0 atom stereocenters. The summed E-state index contributed by atoms with van der Waals surface area (Å²) >= 11 is 4.24. The van der Waals surface area contributed by atoms with Crippen molar-refractivity contribution in [2.24, 2.45) is 0 Å². The third kappa shape index (κ3) is 5.19. The minimum Gasteiger partial charge on any atom is -0.488 e. The predicted octanol–water partition coefficient (Wildman–Crippen LogP) is 5.65. The zero-order valence-corrected chi connectivity index (χ0v) is 16.2. The Bertz CT molecular complexity index is 832. The van der Waals surface area contributed by atoms with Gasteiger partial charge in [0.05, 0.1) is 5.56 Å². The molecule has 0 aliphatic heterocycles. The number of ether oxygens (including phenoxy) is 2. The van der Waals surface area contributed by atoms with Crippen LogP contribution in [0.25, 0.3) is 0 Å². The summed E-state index contributed by atoms with van der Waals surface area (Å²) in [5.41, 5.74) is 1.61. The zero-order chi connectivity index (χ0) is 20.2. The highest BCUT2D eigenvalue weighted by atomic mass is 32.1. The summed E-state index contributed by atoms with van der Waals surface area (Å²) < 4.78 is 50.9. The largest absolute Gasteiger partial charge is 0.488 e. The summed E-state index contributed by atoms with van der Waals surface area (Å²) in [4.78, 5) is 11.6. The molecule has 0 radical (unpaired) electrons. The van der Waals surface area contributed by atoms with Gasteiger partial charge in [0.2, 0.25) is 0 Å². The van der Waals surface area contributed by atoms with Crippen LogP contribution in [0.2, 0.25) is 0 Å². The van der Waals surface area contributed by atoms with E-state index in [1.165, 1.54) is 6.07 Å². The van der Waals surface area contributed by atoms with Gasteiger partial charge in [0, 0.05) is 17.7 Å². The SMILES string of the molecule is CCC(=O)Oc1cccc(CS)c1COc1cc(C)c(C)cc1C(F)(F)F. The molecule has 27 heavy (non-hydrogen) atoms. The molecule has 0 amide bonds. The highest BCUT2D eigenvalue weighted by Crippen LogP contribution is 2.38. The number of thiol groups is 1. The second-order valence-electron chi connectivity index (χ2n) is 6.10. The maximum Gasteiger partial charge on any atom is 0.419 e. The van der Waals surface area contributed by atoms with Crippen LogP contribution in [0.4, 0.5) is 13.2 Å². The van der Waals surface area contributed by atoms with Crippen LogP contribution in [-0.2, 0) is 23.3 Å². The first-order chi connectivity index (χ1) is 12.7. The smallest absolute Gasteiger partial charge is 0.419 e. The van der Waals surface area contributed by atoms with Gasteiger partial charge in [0.15, 0.2) is 0 Å². The van der Waals surface area contributed by atoms with Crippen molar-refractivity contribution in [3.8, 4) is 11.5 Å². The van der Waals surface area contributed by atoms with Crippen molar-refractivity contribution >= 4 is 18.6 Å². The molecular formula is C20H21F3O3S. The van der Waals surface area contributed by atoms with E-state index >= 15 is 0 Å². The van der Waals surface area contributed by atoms with Crippen LogP contribution in [0.1, 0.15) is 41.2 Å². The van der Waals surface area contributed by atoms with Crippen molar-refractivity contribution in [3.05, 3.63) is 58.1 Å². The third-order valence-electron chi connectivity index (χ3n) is 4.19. The van der Waals surface area contributed by atoms with E-state index in [9.17, 15) is 18.0 Å². The number of rotatable bonds is 6. The van der Waals surface area contributed by atoms with Crippen LogP contribution in [0.3, 0.4) is 0 Å². The minimum absolute atomic E-state index is 0.172. The Labute approximate surface area is 161 Å².